The fraction of sp³-hybridized carbons (Fsp3) is 0.682. The summed E-state index contributed by atoms with van der Waals surface area (Å²) in [5.41, 5.74) is 10.5. The van der Waals surface area contributed by atoms with Crippen molar-refractivity contribution in [2.24, 2.45) is 10.7 Å². The molecule has 1 saturated carbocycles. The third-order valence-electron chi connectivity index (χ3n) is 6.90. The van der Waals surface area contributed by atoms with Gasteiger partial charge < -0.3 is 15.8 Å². The van der Waals surface area contributed by atoms with Gasteiger partial charge in [0.05, 0.1) is 12.6 Å². The number of halogens is 1. The van der Waals surface area contributed by atoms with Crippen molar-refractivity contribution in [1.82, 2.24) is 4.90 Å². The van der Waals surface area contributed by atoms with Crippen LogP contribution in [0.3, 0.4) is 0 Å². The Labute approximate surface area is 186 Å². The van der Waals surface area contributed by atoms with Crippen molar-refractivity contribution >= 4 is 35.6 Å². The standard InChI is InChI=1S/C22H34N4O.HI/c1-27-20-9-13-26(14-10-20)22(11-2-3-12-22)16-24-21(23)25-19-8-7-17-5-4-6-18(17)15-19;/h7-8,15,20H,2-6,9-14,16H2,1H3,(H3,23,24,25);1H. The third-order valence-corrected chi connectivity index (χ3v) is 6.90. The molecule has 2 fully saturated rings. The summed E-state index contributed by atoms with van der Waals surface area (Å²) in [5, 5.41) is 3.32. The van der Waals surface area contributed by atoms with E-state index < -0.39 is 0 Å². The maximum absolute atomic E-state index is 6.26. The van der Waals surface area contributed by atoms with Crippen LogP contribution in [0.4, 0.5) is 5.69 Å². The molecule has 0 amide bonds. The normalized spacial score (nSPS) is 22.7. The van der Waals surface area contributed by atoms with E-state index in [1.165, 1.54) is 56.1 Å². The maximum Gasteiger partial charge on any atom is 0.193 e. The van der Waals surface area contributed by atoms with Gasteiger partial charge in [-0.3, -0.25) is 9.89 Å². The molecule has 1 aromatic rings. The highest BCUT2D eigenvalue weighted by Crippen LogP contribution is 2.37. The van der Waals surface area contributed by atoms with Gasteiger partial charge in [-0.15, -0.1) is 24.0 Å². The summed E-state index contributed by atoms with van der Waals surface area (Å²) >= 11 is 0. The smallest absolute Gasteiger partial charge is 0.193 e. The number of piperidine rings is 1. The van der Waals surface area contributed by atoms with Crippen LogP contribution < -0.4 is 11.1 Å². The Morgan fingerprint density at radius 2 is 1.89 bits per heavy atom. The number of methoxy groups -OCH3 is 1. The van der Waals surface area contributed by atoms with E-state index in [9.17, 15) is 0 Å². The highest BCUT2D eigenvalue weighted by Gasteiger charge is 2.40. The van der Waals surface area contributed by atoms with E-state index in [0.717, 1.165) is 38.2 Å². The number of nitrogens with two attached hydrogens (primary N) is 1. The molecule has 156 valence electrons. The van der Waals surface area contributed by atoms with Gasteiger partial charge in [-0.05, 0) is 68.2 Å². The number of aliphatic imine (C=N–C) groups is 1. The van der Waals surface area contributed by atoms with E-state index >= 15 is 0 Å². The lowest BCUT2D eigenvalue weighted by molar-refractivity contribution is -0.0000293. The lowest BCUT2D eigenvalue weighted by Gasteiger charge is -2.44. The first-order valence-corrected chi connectivity index (χ1v) is 10.7. The lowest BCUT2D eigenvalue weighted by atomic mass is 9.91. The number of anilines is 1. The van der Waals surface area contributed by atoms with Gasteiger partial charge in [0.25, 0.3) is 0 Å². The van der Waals surface area contributed by atoms with E-state index in [0.29, 0.717) is 12.1 Å². The Morgan fingerprint density at radius 3 is 2.61 bits per heavy atom. The highest BCUT2D eigenvalue weighted by molar-refractivity contribution is 14.0. The Hall–Kier alpha value is -0.860. The molecular weight excluding hydrogens is 463 g/mol. The maximum atomic E-state index is 6.26. The minimum atomic E-state index is 0. The number of likely N-dealkylation sites (tertiary alicyclic amines) is 1. The lowest BCUT2D eigenvalue weighted by Crippen LogP contribution is -2.53. The molecular formula is C22H35IN4O. The average Bonchev–Trinajstić information content (AvgIpc) is 3.36. The number of aryl methyl sites for hydroxylation is 2. The van der Waals surface area contributed by atoms with Crippen LogP contribution in [0.5, 0.6) is 0 Å². The van der Waals surface area contributed by atoms with Crippen molar-refractivity contribution in [3.05, 3.63) is 29.3 Å². The van der Waals surface area contributed by atoms with E-state index in [4.69, 9.17) is 15.5 Å². The first kappa shape index (κ1) is 21.8. The van der Waals surface area contributed by atoms with Crippen LogP contribution in [0.1, 0.15) is 56.1 Å². The van der Waals surface area contributed by atoms with Crippen LogP contribution in [0.2, 0.25) is 0 Å². The summed E-state index contributed by atoms with van der Waals surface area (Å²) in [4.78, 5) is 7.46. The number of fused-ring (bicyclic) bond motifs is 1. The molecule has 0 aromatic heterocycles. The molecule has 3 aliphatic rings. The van der Waals surface area contributed by atoms with E-state index in [1.54, 1.807) is 0 Å². The molecule has 1 aliphatic heterocycles. The molecule has 0 spiro atoms. The molecule has 0 bridgehead atoms. The van der Waals surface area contributed by atoms with Crippen LogP contribution in [0.25, 0.3) is 0 Å². The summed E-state index contributed by atoms with van der Waals surface area (Å²) in [6.45, 7) is 3.03. The molecule has 1 aromatic carbocycles. The molecule has 4 rings (SSSR count). The quantitative estimate of drug-likeness (QED) is 0.367. The van der Waals surface area contributed by atoms with Crippen LogP contribution in [-0.2, 0) is 17.6 Å². The zero-order valence-electron chi connectivity index (χ0n) is 17.1. The van der Waals surface area contributed by atoms with Crippen molar-refractivity contribution < 1.29 is 4.74 Å². The van der Waals surface area contributed by atoms with Crippen LogP contribution in [-0.4, -0.2) is 49.2 Å². The molecule has 28 heavy (non-hydrogen) atoms. The molecule has 1 heterocycles. The van der Waals surface area contributed by atoms with Gasteiger partial charge in [0.15, 0.2) is 5.96 Å². The van der Waals surface area contributed by atoms with Crippen molar-refractivity contribution in [3.63, 3.8) is 0 Å². The minimum Gasteiger partial charge on any atom is -0.381 e. The van der Waals surface area contributed by atoms with Crippen LogP contribution in [0.15, 0.2) is 23.2 Å². The summed E-state index contributed by atoms with van der Waals surface area (Å²) in [6.07, 6.45) is 11.4. The number of ether oxygens (including phenoxy) is 1. The SMILES string of the molecule is COC1CCN(C2(CN=C(N)Nc3ccc4c(c3)CCC4)CCCC2)CC1.I. The Bertz CT molecular complexity index is 679. The Balaban J connectivity index is 0.00000225. The predicted molar refractivity (Wildman–Crippen MR) is 127 cm³/mol. The predicted octanol–water partition coefficient (Wildman–Crippen LogP) is 3.94. The van der Waals surface area contributed by atoms with Crippen molar-refractivity contribution in [2.75, 3.05) is 32.1 Å². The number of hydrogen-bond acceptors (Lipinski definition) is 3. The van der Waals surface area contributed by atoms with E-state index in [1.807, 2.05) is 7.11 Å². The fourth-order valence-electron chi connectivity index (χ4n) is 5.24. The molecule has 3 N–H and O–H groups in total. The number of hydrogen-bond donors (Lipinski definition) is 2. The molecule has 5 nitrogen and oxygen atoms in total. The zero-order valence-corrected chi connectivity index (χ0v) is 19.4. The molecule has 0 radical (unpaired) electrons. The van der Waals surface area contributed by atoms with Crippen molar-refractivity contribution in [3.8, 4) is 0 Å². The Kier molecular flexibility index (Phi) is 7.61. The van der Waals surface area contributed by atoms with Gasteiger partial charge in [-0.2, -0.15) is 0 Å². The van der Waals surface area contributed by atoms with Gasteiger partial charge in [-0.1, -0.05) is 18.9 Å². The second-order valence-corrected chi connectivity index (χ2v) is 8.52. The molecule has 0 atom stereocenters. The van der Waals surface area contributed by atoms with Gasteiger partial charge in [0, 0.05) is 31.4 Å². The minimum absolute atomic E-state index is 0. The Morgan fingerprint density at radius 1 is 1.18 bits per heavy atom. The van der Waals surface area contributed by atoms with Crippen molar-refractivity contribution in [2.45, 2.75) is 69.4 Å². The van der Waals surface area contributed by atoms with E-state index in [-0.39, 0.29) is 29.5 Å². The van der Waals surface area contributed by atoms with Crippen LogP contribution >= 0.6 is 24.0 Å². The van der Waals surface area contributed by atoms with E-state index in [2.05, 4.69) is 28.4 Å². The van der Waals surface area contributed by atoms with Gasteiger partial charge in [-0.25, -0.2) is 0 Å². The fourth-order valence-corrected chi connectivity index (χ4v) is 5.24. The van der Waals surface area contributed by atoms with Gasteiger partial charge in [0.2, 0.25) is 0 Å². The number of rotatable bonds is 5. The zero-order chi connectivity index (χ0) is 18.7. The van der Waals surface area contributed by atoms with Crippen molar-refractivity contribution in [1.29, 1.82) is 0 Å². The number of benzene rings is 1. The summed E-state index contributed by atoms with van der Waals surface area (Å²) in [6, 6.07) is 6.61. The number of nitrogens with one attached hydrogen (secondary N) is 1. The first-order valence-electron chi connectivity index (χ1n) is 10.7. The third kappa shape index (κ3) is 4.82. The second-order valence-electron chi connectivity index (χ2n) is 8.52. The molecule has 1 saturated heterocycles. The summed E-state index contributed by atoms with van der Waals surface area (Å²) in [7, 11) is 1.83. The number of nitrogens with zero attached hydrogens (tertiary/aromatic N) is 2. The van der Waals surface area contributed by atoms with Crippen LogP contribution in [0, 0.1) is 0 Å². The number of guanidine groups is 1. The largest absolute Gasteiger partial charge is 0.381 e. The highest BCUT2D eigenvalue weighted by atomic mass is 127. The molecule has 0 unspecified atom stereocenters. The van der Waals surface area contributed by atoms with Gasteiger partial charge in [0.1, 0.15) is 0 Å². The second kappa shape index (κ2) is 9.76. The monoisotopic (exact) mass is 498 g/mol. The summed E-state index contributed by atoms with van der Waals surface area (Å²) in [5.74, 6) is 0.547. The molecule has 2 aliphatic carbocycles. The average molecular weight is 498 g/mol. The first-order chi connectivity index (χ1) is 13.2. The molecule has 6 heteroatoms. The van der Waals surface area contributed by atoms with Gasteiger partial charge >= 0.3 is 0 Å². The topological polar surface area (TPSA) is 62.9 Å². The summed E-state index contributed by atoms with van der Waals surface area (Å²) < 4.78 is 5.55.